The van der Waals surface area contributed by atoms with Gasteiger partial charge < -0.3 is 19.8 Å². The molecule has 0 amide bonds. The van der Waals surface area contributed by atoms with E-state index < -0.39 is 11.9 Å². The van der Waals surface area contributed by atoms with Gasteiger partial charge in [-0.1, -0.05) is 42.1 Å². The minimum atomic E-state index is -0.690. The fourth-order valence-corrected chi connectivity index (χ4v) is 4.91. The molecule has 1 atom stereocenters. The molecule has 3 aromatic rings. The van der Waals surface area contributed by atoms with Crippen molar-refractivity contribution < 1.29 is 18.7 Å². The summed E-state index contributed by atoms with van der Waals surface area (Å²) in [5.74, 6) is -0.160. The zero-order chi connectivity index (χ0) is 25.8. The average Bonchev–Trinajstić information content (AvgIpc) is 2.83. The number of thioether (sulfide) groups is 1. The van der Waals surface area contributed by atoms with Crippen LogP contribution in [0.5, 0.6) is 5.75 Å². The normalized spacial score (nSPS) is 14.9. The number of rotatable bonds is 8. The second-order valence-corrected chi connectivity index (χ2v) is 9.53. The number of carbonyl (C=O) groups excluding carboxylic acids is 1. The Hall–Kier alpha value is -3.59. The van der Waals surface area contributed by atoms with Gasteiger partial charge in [-0.3, -0.25) is 4.79 Å². The number of nitrogens with one attached hydrogen (secondary N) is 2. The van der Waals surface area contributed by atoms with Crippen LogP contribution in [0.25, 0.3) is 0 Å². The Morgan fingerprint density at radius 3 is 2.56 bits per heavy atom. The number of esters is 1. The van der Waals surface area contributed by atoms with Gasteiger partial charge in [-0.15, -0.1) is 0 Å². The number of hydrogen-bond donors (Lipinski definition) is 2. The highest BCUT2D eigenvalue weighted by Crippen LogP contribution is 2.40. The number of halogens is 1. The van der Waals surface area contributed by atoms with Crippen molar-refractivity contribution in [2.24, 2.45) is 0 Å². The Kier molecular flexibility index (Phi) is 7.79. The third-order valence-corrected chi connectivity index (χ3v) is 6.55. The molecule has 36 heavy (non-hydrogen) atoms. The van der Waals surface area contributed by atoms with Gasteiger partial charge in [0.1, 0.15) is 17.4 Å². The molecule has 0 saturated heterocycles. The lowest BCUT2D eigenvalue weighted by atomic mass is 9.82. The van der Waals surface area contributed by atoms with E-state index in [0.29, 0.717) is 51.5 Å². The molecule has 0 aliphatic carbocycles. The first-order valence-corrected chi connectivity index (χ1v) is 12.7. The molecule has 188 valence electrons. The van der Waals surface area contributed by atoms with Crippen LogP contribution in [0.3, 0.4) is 0 Å². The molecule has 1 aromatic heterocycles. The number of allylic oxidation sites excluding steroid dienone is 1. The quantitative estimate of drug-likeness (QED) is 0.239. The van der Waals surface area contributed by atoms with Crippen molar-refractivity contribution in [2.75, 3.05) is 11.9 Å². The van der Waals surface area contributed by atoms with E-state index in [1.54, 1.807) is 39.0 Å². The van der Waals surface area contributed by atoms with Crippen LogP contribution >= 0.6 is 11.8 Å². The third-order valence-electron chi connectivity index (χ3n) is 5.63. The number of nitrogens with zero attached hydrogens (tertiary/aromatic N) is 1. The van der Waals surface area contributed by atoms with Crippen LogP contribution in [0.15, 0.2) is 69.8 Å². The Bertz CT molecular complexity index is 1350. The largest absolute Gasteiger partial charge is 0.494 e. The number of hydrogen-bond acceptors (Lipinski definition) is 7. The molecular weight excluding hydrogens is 481 g/mol. The molecule has 0 bridgehead atoms. The zero-order valence-electron chi connectivity index (χ0n) is 20.6. The van der Waals surface area contributed by atoms with Crippen molar-refractivity contribution in [3.8, 4) is 5.75 Å². The number of benzene rings is 2. The van der Waals surface area contributed by atoms with Gasteiger partial charge in [-0.2, -0.15) is 0 Å². The van der Waals surface area contributed by atoms with Crippen molar-refractivity contribution in [3.05, 3.63) is 92.7 Å². The zero-order valence-corrected chi connectivity index (χ0v) is 21.4. The number of carbonyl (C=O) groups is 1. The molecule has 4 rings (SSSR count). The Morgan fingerprint density at radius 2 is 1.89 bits per heavy atom. The molecular formula is C27H28FN3O4S. The third kappa shape index (κ3) is 5.46. The SMILES string of the molecule is CCOc1ccc(C2C(C(=O)OC(C)C)=C(C)Nc3nc(SCc4ccccc4F)[nH]c(=O)c32)cc1. The minimum absolute atomic E-state index is 0.303. The summed E-state index contributed by atoms with van der Waals surface area (Å²) in [4.78, 5) is 33.9. The van der Waals surface area contributed by atoms with E-state index in [1.807, 2.05) is 31.2 Å². The Labute approximate surface area is 213 Å². The Balaban J connectivity index is 1.75. The molecule has 0 spiro atoms. The number of aromatic amines is 1. The first-order chi connectivity index (χ1) is 17.3. The van der Waals surface area contributed by atoms with Crippen molar-refractivity contribution in [1.82, 2.24) is 9.97 Å². The van der Waals surface area contributed by atoms with E-state index in [9.17, 15) is 14.0 Å². The van der Waals surface area contributed by atoms with E-state index in [2.05, 4.69) is 15.3 Å². The molecule has 0 saturated carbocycles. The van der Waals surface area contributed by atoms with Crippen molar-refractivity contribution in [1.29, 1.82) is 0 Å². The average molecular weight is 510 g/mol. The van der Waals surface area contributed by atoms with E-state index in [-0.39, 0.29) is 17.5 Å². The highest BCUT2D eigenvalue weighted by atomic mass is 32.2. The Morgan fingerprint density at radius 1 is 1.17 bits per heavy atom. The summed E-state index contributed by atoms with van der Waals surface area (Å²) < 4.78 is 25.1. The fraction of sp³-hybridized carbons (Fsp3) is 0.296. The van der Waals surface area contributed by atoms with Gasteiger partial charge in [0.05, 0.1) is 29.8 Å². The number of aromatic nitrogens is 2. The van der Waals surface area contributed by atoms with Crippen LogP contribution in [0.1, 0.15) is 50.3 Å². The highest BCUT2D eigenvalue weighted by Gasteiger charge is 2.36. The first-order valence-electron chi connectivity index (χ1n) is 11.7. The molecule has 2 aromatic carbocycles. The van der Waals surface area contributed by atoms with Gasteiger partial charge in [-0.25, -0.2) is 14.2 Å². The monoisotopic (exact) mass is 509 g/mol. The topological polar surface area (TPSA) is 93.3 Å². The highest BCUT2D eigenvalue weighted by molar-refractivity contribution is 7.98. The van der Waals surface area contributed by atoms with E-state index in [1.165, 1.54) is 17.8 Å². The summed E-state index contributed by atoms with van der Waals surface area (Å²) >= 11 is 1.22. The summed E-state index contributed by atoms with van der Waals surface area (Å²) in [6.07, 6.45) is -0.325. The molecule has 2 heterocycles. The number of anilines is 1. The van der Waals surface area contributed by atoms with Gasteiger partial charge >= 0.3 is 5.97 Å². The van der Waals surface area contributed by atoms with E-state index in [0.717, 1.165) is 5.56 Å². The molecule has 1 aliphatic rings. The van der Waals surface area contributed by atoms with Gasteiger partial charge in [0, 0.05) is 11.4 Å². The van der Waals surface area contributed by atoms with Crippen LogP contribution in [0.2, 0.25) is 0 Å². The number of fused-ring (bicyclic) bond motifs is 1. The van der Waals surface area contributed by atoms with E-state index >= 15 is 0 Å². The van der Waals surface area contributed by atoms with Crippen LogP contribution in [0, 0.1) is 5.82 Å². The summed E-state index contributed by atoms with van der Waals surface area (Å²) in [7, 11) is 0. The van der Waals surface area contributed by atoms with Gasteiger partial charge in [0.2, 0.25) is 0 Å². The van der Waals surface area contributed by atoms with Crippen molar-refractivity contribution in [2.45, 2.75) is 50.6 Å². The van der Waals surface area contributed by atoms with Crippen LogP contribution < -0.4 is 15.6 Å². The van der Waals surface area contributed by atoms with Crippen molar-refractivity contribution in [3.63, 3.8) is 0 Å². The molecule has 9 heteroatoms. The van der Waals surface area contributed by atoms with Crippen LogP contribution in [-0.4, -0.2) is 28.6 Å². The van der Waals surface area contributed by atoms with Gasteiger partial charge in [0.15, 0.2) is 5.16 Å². The second kappa shape index (κ2) is 11.0. The second-order valence-electron chi connectivity index (χ2n) is 8.57. The lowest BCUT2D eigenvalue weighted by molar-refractivity contribution is -0.143. The summed E-state index contributed by atoms with van der Waals surface area (Å²) in [6.45, 7) is 7.73. The van der Waals surface area contributed by atoms with Gasteiger partial charge in [-0.05, 0) is 57.0 Å². The minimum Gasteiger partial charge on any atom is -0.494 e. The molecule has 1 aliphatic heterocycles. The summed E-state index contributed by atoms with van der Waals surface area (Å²) in [6, 6.07) is 13.8. The maximum atomic E-state index is 14.0. The smallest absolute Gasteiger partial charge is 0.337 e. The van der Waals surface area contributed by atoms with Crippen molar-refractivity contribution >= 4 is 23.5 Å². The lowest BCUT2D eigenvalue weighted by Gasteiger charge is -2.29. The fourth-order valence-electron chi connectivity index (χ4n) is 4.07. The maximum absolute atomic E-state index is 14.0. The molecule has 1 unspecified atom stereocenters. The molecule has 0 fully saturated rings. The predicted octanol–water partition coefficient (Wildman–Crippen LogP) is 5.38. The number of ether oxygens (including phenoxy) is 2. The standard InChI is InChI=1S/C27H28FN3O4S/c1-5-34-19-12-10-17(11-13-19)22-21(26(33)35-15(2)3)16(4)29-24-23(22)25(32)31-27(30-24)36-14-18-8-6-7-9-20(18)28/h6-13,15,22H,5,14H2,1-4H3,(H2,29,30,31,32). The number of H-pyrrole nitrogens is 1. The molecule has 2 N–H and O–H groups in total. The summed E-state index contributed by atoms with van der Waals surface area (Å²) in [5.41, 5.74) is 2.07. The van der Waals surface area contributed by atoms with Gasteiger partial charge in [0.25, 0.3) is 5.56 Å². The predicted molar refractivity (Wildman–Crippen MR) is 138 cm³/mol. The molecule has 0 radical (unpaired) electrons. The first kappa shape index (κ1) is 25.5. The lowest BCUT2D eigenvalue weighted by Crippen LogP contribution is -2.31. The van der Waals surface area contributed by atoms with Crippen LogP contribution in [0.4, 0.5) is 10.2 Å². The van der Waals surface area contributed by atoms with E-state index in [4.69, 9.17) is 9.47 Å². The van der Waals surface area contributed by atoms with Crippen LogP contribution in [-0.2, 0) is 15.3 Å². The molecule has 7 nitrogen and oxygen atoms in total. The summed E-state index contributed by atoms with van der Waals surface area (Å²) in [5, 5.41) is 3.47. The maximum Gasteiger partial charge on any atom is 0.337 e.